The number of rotatable bonds is 4. The summed E-state index contributed by atoms with van der Waals surface area (Å²) in [5.74, 6) is 0. The van der Waals surface area contributed by atoms with Crippen molar-refractivity contribution in [3.05, 3.63) is 71.0 Å². The maximum atomic E-state index is 4.88. The van der Waals surface area contributed by atoms with E-state index in [0.29, 0.717) is 6.04 Å². The summed E-state index contributed by atoms with van der Waals surface area (Å²) in [4.78, 5) is 11.5. The summed E-state index contributed by atoms with van der Waals surface area (Å²) in [6.45, 7) is 6.03. The number of hydrogen-bond acceptors (Lipinski definition) is 5. The van der Waals surface area contributed by atoms with Crippen molar-refractivity contribution >= 4 is 11.3 Å². The summed E-state index contributed by atoms with van der Waals surface area (Å²) in [5, 5.41) is 6.80. The second kappa shape index (κ2) is 7.44. The highest BCUT2D eigenvalue weighted by Gasteiger charge is 2.24. The monoisotopic (exact) mass is 350 g/mol. The lowest BCUT2D eigenvalue weighted by molar-refractivity contribution is 0.152. The molecule has 0 saturated carbocycles. The SMILES string of the molecule is Cc1ccc(-c2nc(CN3CCNCC3c3ccncc3)cs2)cc1. The van der Waals surface area contributed by atoms with Crippen LogP contribution in [0.2, 0.25) is 0 Å². The molecule has 3 aromatic rings. The molecule has 1 atom stereocenters. The number of piperazine rings is 1. The summed E-state index contributed by atoms with van der Waals surface area (Å²) in [7, 11) is 0. The molecule has 3 heterocycles. The lowest BCUT2D eigenvalue weighted by Crippen LogP contribution is -2.45. The van der Waals surface area contributed by atoms with Gasteiger partial charge >= 0.3 is 0 Å². The third-order valence-electron chi connectivity index (χ3n) is 4.66. The number of aromatic nitrogens is 2. The second-order valence-corrected chi connectivity index (χ2v) is 7.34. The topological polar surface area (TPSA) is 41.1 Å². The second-order valence-electron chi connectivity index (χ2n) is 6.48. The molecule has 0 radical (unpaired) electrons. The Hall–Kier alpha value is -2.08. The Morgan fingerprint density at radius 2 is 1.96 bits per heavy atom. The average molecular weight is 350 g/mol. The molecule has 2 aromatic heterocycles. The van der Waals surface area contributed by atoms with Crippen LogP contribution in [0.3, 0.4) is 0 Å². The fourth-order valence-corrected chi connectivity index (χ4v) is 4.08. The van der Waals surface area contributed by atoms with Gasteiger partial charge in [-0.1, -0.05) is 29.8 Å². The molecule has 25 heavy (non-hydrogen) atoms. The quantitative estimate of drug-likeness (QED) is 0.780. The number of nitrogens with zero attached hydrogens (tertiary/aromatic N) is 3. The number of benzene rings is 1. The molecule has 4 nitrogen and oxygen atoms in total. The molecule has 5 heteroatoms. The molecule has 1 aliphatic heterocycles. The largest absolute Gasteiger partial charge is 0.314 e. The first kappa shape index (κ1) is 16.4. The molecule has 0 bridgehead atoms. The molecule has 1 aromatic carbocycles. The van der Waals surface area contributed by atoms with Gasteiger partial charge < -0.3 is 5.32 Å². The third kappa shape index (κ3) is 3.79. The van der Waals surface area contributed by atoms with E-state index >= 15 is 0 Å². The highest BCUT2D eigenvalue weighted by Crippen LogP contribution is 2.27. The van der Waals surface area contributed by atoms with E-state index in [0.717, 1.165) is 36.9 Å². The standard InChI is InChI=1S/C20H22N4S/c1-15-2-4-17(5-3-15)20-23-18(14-25-20)13-24-11-10-22-12-19(24)16-6-8-21-9-7-16/h2-9,14,19,22H,10-13H2,1H3. The van der Waals surface area contributed by atoms with Crippen molar-refractivity contribution in [3.8, 4) is 10.6 Å². The van der Waals surface area contributed by atoms with Crippen LogP contribution < -0.4 is 5.32 Å². The van der Waals surface area contributed by atoms with Crippen LogP contribution >= 0.6 is 11.3 Å². The highest BCUT2D eigenvalue weighted by atomic mass is 32.1. The zero-order valence-electron chi connectivity index (χ0n) is 14.4. The lowest BCUT2D eigenvalue weighted by Gasteiger charge is -2.36. The molecule has 0 spiro atoms. The summed E-state index contributed by atoms with van der Waals surface area (Å²) in [5.41, 5.74) is 4.95. The molecule has 1 fully saturated rings. The van der Waals surface area contributed by atoms with Gasteiger partial charge in [0.2, 0.25) is 0 Å². The Balaban J connectivity index is 1.51. The zero-order valence-corrected chi connectivity index (χ0v) is 15.2. The van der Waals surface area contributed by atoms with Crippen LogP contribution in [0.25, 0.3) is 10.6 Å². The van der Waals surface area contributed by atoms with Crippen LogP contribution in [-0.4, -0.2) is 34.5 Å². The molecule has 1 unspecified atom stereocenters. The van der Waals surface area contributed by atoms with Gasteiger partial charge in [0.1, 0.15) is 5.01 Å². The number of aryl methyl sites for hydroxylation is 1. The van der Waals surface area contributed by atoms with E-state index in [1.165, 1.54) is 16.7 Å². The van der Waals surface area contributed by atoms with Gasteiger partial charge in [-0.25, -0.2) is 4.98 Å². The fourth-order valence-electron chi connectivity index (χ4n) is 3.27. The van der Waals surface area contributed by atoms with E-state index in [-0.39, 0.29) is 0 Å². The molecule has 4 rings (SSSR count). The molecule has 1 aliphatic rings. The van der Waals surface area contributed by atoms with Crippen LogP contribution in [-0.2, 0) is 6.54 Å². The fraction of sp³-hybridized carbons (Fsp3) is 0.300. The number of hydrogen-bond donors (Lipinski definition) is 1. The number of thiazole rings is 1. The van der Waals surface area contributed by atoms with Gasteiger partial charge in [-0.15, -0.1) is 11.3 Å². The van der Waals surface area contributed by atoms with E-state index in [9.17, 15) is 0 Å². The Morgan fingerprint density at radius 3 is 2.76 bits per heavy atom. The van der Waals surface area contributed by atoms with Crippen molar-refractivity contribution in [2.24, 2.45) is 0 Å². The predicted molar refractivity (Wildman–Crippen MR) is 103 cm³/mol. The van der Waals surface area contributed by atoms with Crippen LogP contribution in [0.15, 0.2) is 54.2 Å². The minimum absolute atomic E-state index is 0.376. The zero-order chi connectivity index (χ0) is 17.1. The van der Waals surface area contributed by atoms with Crippen LogP contribution in [0.4, 0.5) is 0 Å². The van der Waals surface area contributed by atoms with E-state index in [2.05, 4.69) is 63.9 Å². The van der Waals surface area contributed by atoms with E-state index in [1.54, 1.807) is 11.3 Å². The highest BCUT2D eigenvalue weighted by molar-refractivity contribution is 7.13. The molecular weight excluding hydrogens is 328 g/mol. The van der Waals surface area contributed by atoms with Crippen molar-refractivity contribution in [2.75, 3.05) is 19.6 Å². The van der Waals surface area contributed by atoms with E-state index in [4.69, 9.17) is 4.98 Å². The van der Waals surface area contributed by atoms with E-state index in [1.807, 2.05) is 12.4 Å². The smallest absolute Gasteiger partial charge is 0.123 e. The van der Waals surface area contributed by atoms with Crippen molar-refractivity contribution < 1.29 is 0 Å². The van der Waals surface area contributed by atoms with Crippen LogP contribution in [0.1, 0.15) is 22.9 Å². The van der Waals surface area contributed by atoms with Gasteiger partial charge in [0.25, 0.3) is 0 Å². The molecular formula is C20H22N4S. The lowest BCUT2D eigenvalue weighted by atomic mass is 10.0. The summed E-state index contributed by atoms with van der Waals surface area (Å²) >= 11 is 1.73. The van der Waals surface area contributed by atoms with Gasteiger partial charge in [0.15, 0.2) is 0 Å². The summed E-state index contributed by atoms with van der Waals surface area (Å²) in [6.07, 6.45) is 3.75. The van der Waals surface area contributed by atoms with Gasteiger partial charge in [-0.05, 0) is 24.6 Å². The van der Waals surface area contributed by atoms with Crippen LogP contribution in [0.5, 0.6) is 0 Å². The van der Waals surface area contributed by atoms with Crippen molar-refractivity contribution in [1.29, 1.82) is 0 Å². The first-order valence-electron chi connectivity index (χ1n) is 8.66. The minimum Gasteiger partial charge on any atom is -0.314 e. The maximum absolute atomic E-state index is 4.88. The van der Waals surface area contributed by atoms with Gasteiger partial charge in [-0.2, -0.15) is 0 Å². The summed E-state index contributed by atoms with van der Waals surface area (Å²) < 4.78 is 0. The predicted octanol–water partition coefficient (Wildman–Crippen LogP) is 3.66. The van der Waals surface area contributed by atoms with Gasteiger partial charge in [0.05, 0.1) is 5.69 Å². The van der Waals surface area contributed by atoms with Gasteiger partial charge in [0, 0.05) is 55.6 Å². The first-order chi connectivity index (χ1) is 12.3. The molecule has 1 saturated heterocycles. The summed E-state index contributed by atoms with van der Waals surface area (Å²) in [6, 6.07) is 13.2. The third-order valence-corrected chi connectivity index (χ3v) is 5.60. The first-order valence-corrected chi connectivity index (χ1v) is 9.54. The molecule has 128 valence electrons. The average Bonchev–Trinajstić information content (AvgIpc) is 3.12. The molecule has 0 aliphatic carbocycles. The molecule has 0 amide bonds. The van der Waals surface area contributed by atoms with Crippen molar-refractivity contribution in [3.63, 3.8) is 0 Å². The maximum Gasteiger partial charge on any atom is 0.123 e. The minimum atomic E-state index is 0.376. The van der Waals surface area contributed by atoms with Crippen molar-refractivity contribution in [1.82, 2.24) is 20.2 Å². The number of nitrogens with one attached hydrogen (secondary N) is 1. The Labute approximate surface area is 152 Å². The van der Waals surface area contributed by atoms with Crippen molar-refractivity contribution in [2.45, 2.75) is 19.5 Å². The van der Waals surface area contributed by atoms with Crippen LogP contribution in [0, 0.1) is 6.92 Å². The Bertz CT molecular complexity index is 813. The van der Waals surface area contributed by atoms with Gasteiger partial charge in [-0.3, -0.25) is 9.88 Å². The Kier molecular flexibility index (Phi) is 4.88. The Morgan fingerprint density at radius 1 is 1.16 bits per heavy atom. The van der Waals surface area contributed by atoms with E-state index < -0.39 is 0 Å². The normalized spacial score (nSPS) is 18.4. The molecule has 1 N–H and O–H groups in total. The number of pyridine rings is 1.